The summed E-state index contributed by atoms with van der Waals surface area (Å²) in [6.07, 6.45) is 2.82. The quantitative estimate of drug-likeness (QED) is 0.556. The van der Waals surface area contributed by atoms with Gasteiger partial charge in [0.2, 0.25) is 0 Å². The van der Waals surface area contributed by atoms with E-state index in [-0.39, 0.29) is 11.0 Å². The molecule has 1 aliphatic heterocycles. The SMILES string of the molecule is COc1ccc(C)cc1S(=O)(=O)n1ccc2c(N3CCN(C(=O)OC(C)(C)C)CC3)nccc21. The lowest BCUT2D eigenvalue weighted by molar-refractivity contribution is 0.0240. The Morgan fingerprint density at radius 2 is 1.76 bits per heavy atom. The lowest BCUT2D eigenvalue weighted by atomic mass is 10.2. The van der Waals surface area contributed by atoms with Crippen molar-refractivity contribution >= 4 is 32.8 Å². The van der Waals surface area contributed by atoms with Crippen LogP contribution >= 0.6 is 0 Å². The van der Waals surface area contributed by atoms with E-state index in [0.717, 1.165) is 10.9 Å². The van der Waals surface area contributed by atoms with E-state index < -0.39 is 15.6 Å². The number of benzene rings is 1. The van der Waals surface area contributed by atoms with Crippen LogP contribution in [0.4, 0.5) is 10.6 Å². The molecule has 1 aromatic carbocycles. The van der Waals surface area contributed by atoms with E-state index in [1.165, 1.54) is 11.1 Å². The average molecular weight is 487 g/mol. The highest BCUT2D eigenvalue weighted by Crippen LogP contribution is 2.32. The van der Waals surface area contributed by atoms with Gasteiger partial charge in [-0.25, -0.2) is 22.2 Å². The molecule has 9 nitrogen and oxygen atoms in total. The topological polar surface area (TPSA) is 94.0 Å². The Kier molecular flexibility index (Phi) is 6.20. The molecule has 0 atom stereocenters. The number of fused-ring (bicyclic) bond motifs is 1. The highest BCUT2D eigenvalue weighted by atomic mass is 32.2. The minimum Gasteiger partial charge on any atom is -0.495 e. The number of pyridine rings is 1. The first kappa shape index (κ1) is 23.9. The van der Waals surface area contributed by atoms with Crippen LogP contribution in [0.2, 0.25) is 0 Å². The number of anilines is 1. The molecule has 0 saturated carbocycles. The van der Waals surface area contributed by atoms with Gasteiger partial charge in [0.05, 0.1) is 12.6 Å². The van der Waals surface area contributed by atoms with E-state index in [0.29, 0.717) is 43.3 Å². The molecule has 0 unspecified atom stereocenters. The molecular formula is C24H30N4O5S. The largest absolute Gasteiger partial charge is 0.495 e. The second-order valence-electron chi connectivity index (χ2n) is 9.29. The molecule has 0 spiro atoms. The van der Waals surface area contributed by atoms with E-state index in [9.17, 15) is 13.2 Å². The summed E-state index contributed by atoms with van der Waals surface area (Å²) in [7, 11) is -2.44. The van der Waals surface area contributed by atoms with Gasteiger partial charge in [0.1, 0.15) is 22.1 Å². The van der Waals surface area contributed by atoms with Gasteiger partial charge in [0.15, 0.2) is 0 Å². The standard InChI is InChI=1S/C24H30N4O5S/c1-17-6-7-20(32-5)21(16-17)34(30,31)28-11-9-18-19(28)8-10-25-22(18)26-12-14-27(15-13-26)23(29)33-24(2,3)4/h6-11,16H,12-15H2,1-5H3. The molecule has 0 N–H and O–H groups in total. The van der Waals surface area contributed by atoms with Crippen LogP contribution < -0.4 is 9.64 Å². The predicted octanol–water partition coefficient (Wildman–Crippen LogP) is 3.65. The summed E-state index contributed by atoms with van der Waals surface area (Å²) in [5, 5.41) is 0.725. The maximum Gasteiger partial charge on any atom is 0.410 e. The third-order valence-corrected chi connectivity index (χ3v) is 7.36. The molecule has 1 fully saturated rings. The van der Waals surface area contributed by atoms with Gasteiger partial charge in [0, 0.05) is 44.0 Å². The Morgan fingerprint density at radius 1 is 1.06 bits per heavy atom. The lowest BCUT2D eigenvalue weighted by Gasteiger charge is -2.36. The molecular weight excluding hydrogens is 456 g/mol. The Hall–Kier alpha value is -3.27. The van der Waals surface area contributed by atoms with Crippen molar-refractivity contribution in [2.45, 2.75) is 38.2 Å². The van der Waals surface area contributed by atoms with Crippen LogP contribution in [0.25, 0.3) is 10.9 Å². The zero-order valence-corrected chi connectivity index (χ0v) is 20.9. The highest BCUT2D eigenvalue weighted by molar-refractivity contribution is 7.90. The molecule has 4 rings (SSSR count). The van der Waals surface area contributed by atoms with Crippen molar-refractivity contribution in [3.8, 4) is 5.75 Å². The zero-order chi connectivity index (χ0) is 24.7. The number of rotatable bonds is 4. The first-order valence-electron chi connectivity index (χ1n) is 11.1. The van der Waals surface area contributed by atoms with Gasteiger partial charge in [-0.05, 0) is 57.5 Å². The Labute approximate surface area is 199 Å². The number of nitrogens with zero attached hydrogens (tertiary/aromatic N) is 4. The normalized spacial score (nSPS) is 15.0. The summed E-state index contributed by atoms with van der Waals surface area (Å²) in [5.74, 6) is 0.978. The number of methoxy groups -OCH3 is 1. The predicted molar refractivity (Wildman–Crippen MR) is 130 cm³/mol. The first-order chi connectivity index (χ1) is 16.0. The van der Waals surface area contributed by atoms with E-state index in [2.05, 4.69) is 9.88 Å². The number of aromatic nitrogens is 2. The summed E-state index contributed by atoms with van der Waals surface area (Å²) >= 11 is 0. The van der Waals surface area contributed by atoms with E-state index in [4.69, 9.17) is 9.47 Å². The van der Waals surface area contributed by atoms with Crippen molar-refractivity contribution in [2.24, 2.45) is 0 Å². The average Bonchev–Trinajstić information content (AvgIpc) is 3.23. The van der Waals surface area contributed by atoms with Crippen LogP contribution in [0.15, 0.2) is 47.6 Å². The van der Waals surface area contributed by atoms with Crippen molar-refractivity contribution < 1.29 is 22.7 Å². The molecule has 1 aliphatic rings. The summed E-state index contributed by atoms with van der Waals surface area (Å²) in [5.41, 5.74) is 0.805. The van der Waals surface area contributed by atoms with Gasteiger partial charge in [-0.1, -0.05) is 6.07 Å². The molecule has 3 heterocycles. The van der Waals surface area contributed by atoms with Gasteiger partial charge in [-0.3, -0.25) is 0 Å². The number of piperazine rings is 1. The molecule has 34 heavy (non-hydrogen) atoms. The molecule has 0 aliphatic carbocycles. The maximum atomic E-state index is 13.6. The van der Waals surface area contributed by atoms with E-state index in [1.54, 1.807) is 41.6 Å². The fraction of sp³-hybridized carbons (Fsp3) is 0.417. The maximum absolute atomic E-state index is 13.6. The number of amides is 1. The third-order valence-electron chi connectivity index (χ3n) is 5.65. The van der Waals surface area contributed by atoms with Gasteiger partial charge >= 0.3 is 6.09 Å². The van der Waals surface area contributed by atoms with Crippen molar-refractivity contribution in [2.75, 3.05) is 38.2 Å². The van der Waals surface area contributed by atoms with Crippen LogP contribution in [0.3, 0.4) is 0 Å². The number of carbonyl (C=O) groups is 1. The number of aryl methyl sites for hydroxylation is 1. The van der Waals surface area contributed by atoms with Gasteiger partial charge in [-0.15, -0.1) is 0 Å². The van der Waals surface area contributed by atoms with Gasteiger partial charge < -0.3 is 19.3 Å². The fourth-order valence-electron chi connectivity index (χ4n) is 4.01. The van der Waals surface area contributed by atoms with Crippen molar-refractivity contribution in [3.63, 3.8) is 0 Å². The molecule has 0 bridgehead atoms. The summed E-state index contributed by atoms with van der Waals surface area (Å²) in [6.45, 7) is 9.48. The first-order valence-corrected chi connectivity index (χ1v) is 12.5. The second kappa shape index (κ2) is 8.83. The Balaban J connectivity index is 1.63. The molecule has 182 valence electrons. The zero-order valence-electron chi connectivity index (χ0n) is 20.1. The van der Waals surface area contributed by atoms with Crippen LogP contribution in [0.1, 0.15) is 26.3 Å². The summed E-state index contributed by atoms with van der Waals surface area (Å²) < 4.78 is 39.2. The number of carbonyl (C=O) groups excluding carboxylic acids is 1. The molecule has 1 saturated heterocycles. The summed E-state index contributed by atoms with van der Waals surface area (Å²) in [6, 6.07) is 8.53. The highest BCUT2D eigenvalue weighted by Gasteiger charge is 2.28. The monoisotopic (exact) mass is 486 g/mol. The molecule has 1 amide bonds. The van der Waals surface area contributed by atoms with Crippen molar-refractivity contribution in [1.82, 2.24) is 13.9 Å². The fourth-order valence-corrected chi connectivity index (χ4v) is 5.60. The van der Waals surface area contributed by atoms with E-state index in [1.807, 2.05) is 33.8 Å². The minimum absolute atomic E-state index is 0.108. The summed E-state index contributed by atoms with van der Waals surface area (Å²) in [4.78, 5) is 20.8. The second-order valence-corrected chi connectivity index (χ2v) is 11.1. The molecule has 2 aromatic heterocycles. The van der Waals surface area contributed by atoms with Crippen LogP contribution in [-0.4, -0.2) is 67.3 Å². The third kappa shape index (κ3) is 4.54. The van der Waals surface area contributed by atoms with Gasteiger partial charge in [0.25, 0.3) is 10.0 Å². The number of hydrogen-bond acceptors (Lipinski definition) is 7. The van der Waals surface area contributed by atoms with Crippen LogP contribution in [-0.2, 0) is 14.8 Å². The smallest absolute Gasteiger partial charge is 0.410 e. The molecule has 0 radical (unpaired) electrons. The lowest BCUT2D eigenvalue weighted by Crippen LogP contribution is -2.50. The van der Waals surface area contributed by atoms with Gasteiger partial charge in [-0.2, -0.15) is 0 Å². The Morgan fingerprint density at radius 3 is 2.41 bits per heavy atom. The van der Waals surface area contributed by atoms with Crippen LogP contribution in [0.5, 0.6) is 5.75 Å². The number of hydrogen-bond donors (Lipinski definition) is 0. The molecule has 3 aromatic rings. The minimum atomic E-state index is -3.90. The van der Waals surface area contributed by atoms with Crippen molar-refractivity contribution in [1.29, 1.82) is 0 Å². The molecule has 10 heteroatoms. The van der Waals surface area contributed by atoms with Crippen LogP contribution in [0, 0.1) is 6.92 Å². The number of ether oxygens (including phenoxy) is 2. The Bertz CT molecular complexity index is 1320. The van der Waals surface area contributed by atoms with E-state index >= 15 is 0 Å². The van der Waals surface area contributed by atoms with Crippen molar-refractivity contribution in [3.05, 3.63) is 48.3 Å².